The molecule has 0 amide bonds. The van der Waals surface area contributed by atoms with Crippen LogP contribution in [-0.4, -0.2) is 48.8 Å². The number of carbonyl (C=O) groups excluding carboxylic acids is 4. The van der Waals surface area contributed by atoms with E-state index in [0.29, 0.717) is 19.3 Å². The Bertz CT molecular complexity index is 1510. The number of ether oxygens (including phenoxy) is 4. The number of rotatable bonds is 71. The van der Waals surface area contributed by atoms with Crippen molar-refractivity contribution < 1.29 is 38.1 Å². The molecule has 528 valence electrons. The first-order chi connectivity index (χ1) is 43.2. The van der Waals surface area contributed by atoms with E-state index < -0.39 is 18.3 Å². The Balaban J connectivity index is 5.87. The van der Waals surface area contributed by atoms with Crippen LogP contribution in [0.3, 0.4) is 0 Å². The molecule has 0 N–H and O–H groups in total. The molecule has 0 aliphatic carbocycles. The lowest BCUT2D eigenvalue weighted by molar-refractivity contribution is -0.192. The summed E-state index contributed by atoms with van der Waals surface area (Å²) in [6, 6.07) is 0. The van der Waals surface area contributed by atoms with Crippen LogP contribution in [0.4, 0.5) is 0 Å². The zero-order chi connectivity index (χ0) is 65.3. The van der Waals surface area contributed by atoms with Crippen LogP contribution >= 0.6 is 0 Å². The van der Waals surface area contributed by atoms with Crippen LogP contribution in [0.15, 0.2) is 0 Å². The molecule has 8 nitrogen and oxygen atoms in total. The minimum atomic E-state index is -1.09. The van der Waals surface area contributed by atoms with Gasteiger partial charge in [0.05, 0.1) is 0 Å². The van der Waals surface area contributed by atoms with Gasteiger partial charge in [-0.3, -0.25) is 19.2 Å². The van der Waals surface area contributed by atoms with E-state index in [9.17, 15) is 19.2 Å². The molecule has 0 aromatic rings. The van der Waals surface area contributed by atoms with Crippen molar-refractivity contribution in [2.24, 2.45) is 23.7 Å². The second-order valence-electron chi connectivity index (χ2n) is 29.9. The number of unbranched alkanes of at least 4 members (excludes halogenated alkanes) is 46. The van der Waals surface area contributed by atoms with Crippen LogP contribution < -0.4 is 0 Å². The van der Waals surface area contributed by atoms with Crippen LogP contribution in [0.1, 0.15) is 448 Å². The third kappa shape index (κ3) is 65.7. The van der Waals surface area contributed by atoms with E-state index in [4.69, 9.17) is 18.9 Å². The second kappa shape index (κ2) is 67.3. The van der Waals surface area contributed by atoms with Crippen molar-refractivity contribution in [1.82, 2.24) is 0 Å². The molecule has 0 heterocycles. The van der Waals surface area contributed by atoms with Gasteiger partial charge in [0.25, 0.3) is 0 Å². The van der Waals surface area contributed by atoms with E-state index in [1.54, 1.807) is 0 Å². The summed E-state index contributed by atoms with van der Waals surface area (Å²) in [4.78, 5) is 55.4. The monoisotopic (exact) mass is 1260 g/mol. The van der Waals surface area contributed by atoms with Gasteiger partial charge in [0.2, 0.25) is 0 Å². The smallest absolute Gasteiger partial charge is 0.306 e. The van der Waals surface area contributed by atoms with Crippen molar-refractivity contribution in [3.05, 3.63) is 0 Å². The summed E-state index contributed by atoms with van der Waals surface area (Å²) in [5.74, 6) is 1.82. The summed E-state index contributed by atoms with van der Waals surface area (Å²) in [5.41, 5.74) is 0. The third-order valence-electron chi connectivity index (χ3n) is 18.7. The van der Waals surface area contributed by atoms with Crippen molar-refractivity contribution in [2.45, 2.75) is 466 Å². The summed E-state index contributed by atoms with van der Waals surface area (Å²) in [7, 11) is 0. The van der Waals surface area contributed by atoms with E-state index in [2.05, 4.69) is 62.3 Å². The molecule has 8 heteroatoms. The van der Waals surface area contributed by atoms with Gasteiger partial charge >= 0.3 is 23.9 Å². The molecule has 0 radical (unpaired) electrons. The number of hydrogen-bond donors (Lipinski definition) is 0. The lowest BCUT2D eigenvalue weighted by Gasteiger charge is -2.32. The zero-order valence-electron chi connectivity index (χ0n) is 61.4. The molecule has 0 spiro atoms. The van der Waals surface area contributed by atoms with E-state index in [1.165, 1.54) is 257 Å². The van der Waals surface area contributed by atoms with E-state index in [1.807, 2.05) is 0 Å². The van der Waals surface area contributed by atoms with E-state index in [0.717, 1.165) is 107 Å². The molecule has 89 heavy (non-hydrogen) atoms. The Labute approximate surface area is 555 Å². The average Bonchev–Trinajstić information content (AvgIpc) is 3.70. The van der Waals surface area contributed by atoms with Crippen LogP contribution in [0.2, 0.25) is 0 Å². The quantitative estimate of drug-likeness (QED) is 0.0337. The summed E-state index contributed by atoms with van der Waals surface area (Å²) >= 11 is 0. The predicted molar refractivity (Wildman–Crippen MR) is 383 cm³/mol. The zero-order valence-corrected chi connectivity index (χ0v) is 61.4. The van der Waals surface area contributed by atoms with Gasteiger partial charge in [-0.2, -0.15) is 0 Å². The van der Waals surface area contributed by atoms with Crippen molar-refractivity contribution in [2.75, 3.05) is 6.61 Å². The Kier molecular flexibility index (Phi) is 65.7. The minimum Gasteiger partial charge on any atom is -0.462 e. The van der Waals surface area contributed by atoms with Crippen molar-refractivity contribution in [3.63, 3.8) is 0 Å². The van der Waals surface area contributed by atoms with Gasteiger partial charge in [-0.05, 0) is 62.2 Å². The SMILES string of the molecule is CCCCCC(OC(=O)CCCCCCCCCCCCCCC(C)C)[C@H](OC(=O)CCCCCCCCCCCCCCC(C)C)[C@@H](COC(=O)CCCCCCCCCCCCCCC(C)C)OC(=O)CCCCCCCCCCCCCCC(C)C. The highest BCUT2D eigenvalue weighted by Gasteiger charge is 2.39. The Morgan fingerprint density at radius 2 is 0.427 bits per heavy atom. The minimum absolute atomic E-state index is 0.234. The first kappa shape index (κ1) is 86.9. The van der Waals surface area contributed by atoms with Crippen LogP contribution in [0, 0.1) is 23.7 Å². The molecule has 0 saturated carbocycles. The number of esters is 4. The van der Waals surface area contributed by atoms with Gasteiger partial charge in [-0.25, -0.2) is 0 Å². The molecule has 0 aromatic carbocycles. The first-order valence-electron chi connectivity index (χ1n) is 40.0. The van der Waals surface area contributed by atoms with Crippen LogP contribution in [0.5, 0.6) is 0 Å². The molecule has 0 bridgehead atoms. The Hall–Kier alpha value is -2.12. The summed E-state index contributed by atoms with van der Waals surface area (Å²) in [6.45, 7) is 20.4. The molecule has 1 unspecified atom stereocenters. The summed E-state index contributed by atoms with van der Waals surface area (Å²) < 4.78 is 25.1. The lowest BCUT2D eigenvalue weighted by atomic mass is 10.0. The lowest BCUT2D eigenvalue weighted by Crippen LogP contribution is -2.48. The maximum Gasteiger partial charge on any atom is 0.306 e. The molecule has 3 atom stereocenters. The molecule has 0 aliphatic rings. The fourth-order valence-corrected chi connectivity index (χ4v) is 12.7. The van der Waals surface area contributed by atoms with Gasteiger partial charge in [-0.15, -0.1) is 0 Å². The topological polar surface area (TPSA) is 105 Å². The summed E-state index contributed by atoms with van der Waals surface area (Å²) in [6.07, 6.45) is 64.7. The number of carbonyl (C=O) groups is 4. The molecular weight excluding hydrogens is 1100 g/mol. The highest BCUT2D eigenvalue weighted by atomic mass is 16.6. The van der Waals surface area contributed by atoms with Crippen LogP contribution in [-0.2, 0) is 38.1 Å². The Morgan fingerprint density at radius 1 is 0.225 bits per heavy atom. The van der Waals surface area contributed by atoms with Gasteiger partial charge in [-0.1, -0.05) is 383 Å². The fourth-order valence-electron chi connectivity index (χ4n) is 12.7. The molecule has 0 aliphatic heterocycles. The standard InChI is InChI=1S/C81H156O8/c1-10-11-52-65-75(87-78(83)67-58-49-41-33-25-17-13-21-29-37-45-54-62-72(4)5)81(89-80(85)69-60-51-43-35-27-19-15-23-31-39-47-56-64-74(8)9)76(88-79(84)68-59-50-42-34-26-18-14-22-30-38-46-55-63-73(6)7)70-86-77(82)66-57-48-40-32-24-16-12-20-28-36-44-53-61-71(2)3/h71-76,81H,10-70H2,1-9H3/t75?,76-,81+/m1/s1. The molecule has 0 fully saturated rings. The first-order valence-corrected chi connectivity index (χ1v) is 40.0. The van der Waals surface area contributed by atoms with Gasteiger partial charge in [0.15, 0.2) is 12.2 Å². The molecular formula is C81H156O8. The van der Waals surface area contributed by atoms with Crippen LogP contribution in [0.25, 0.3) is 0 Å². The van der Waals surface area contributed by atoms with E-state index >= 15 is 0 Å². The van der Waals surface area contributed by atoms with Gasteiger partial charge in [0, 0.05) is 25.7 Å². The van der Waals surface area contributed by atoms with Crippen molar-refractivity contribution in [3.8, 4) is 0 Å². The van der Waals surface area contributed by atoms with Crippen molar-refractivity contribution in [1.29, 1.82) is 0 Å². The fraction of sp³-hybridized carbons (Fsp3) is 0.951. The van der Waals surface area contributed by atoms with Crippen molar-refractivity contribution >= 4 is 23.9 Å². The molecule has 0 rings (SSSR count). The predicted octanol–water partition coefficient (Wildman–Crippen LogP) is 26.3. The maximum atomic E-state index is 14.1. The normalized spacial score (nSPS) is 12.8. The second-order valence-corrected chi connectivity index (χ2v) is 29.9. The maximum absolute atomic E-state index is 14.1. The molecule has 0 aromatic heterocycles. The highest BCUT2D eigenvalue weighted by molar-refractivity contribution is 5.72. The third-order valence-corrected chi connectivity index (χ3v) is 18.7. The number of hydrogen-bond acceptors (Lipinski definition) is 8. The Morgan fingerprint density at radius 3 is 0.674 bits per heavy atom. The molecule has 0 saturated heterocycles. The summed E-state index contributed by atoms with van der Waals surface area (Å²) in [5, 5.41) is 0. The van der Waals surface area contributed by atoms with Gasteiger partial charge in [0.1, 0.15) is 12.7 Å². The van der Waals surface area contributed by atoms with E-state index in [-0.39, 0.29) is 56.2 Å². The average molecular weight is 1260 g/mol. The highest BCUT2D eigenvalue weighted by Crippen LogP contribution is 2.25. The largest absolute Gasteiger partial charge is 0.462 e. The van der Waals surface area contributed by atoms with Gasteiger partial charge < -0.3 is 18.9 Å².